The van der Waals surface area contributed by atoms with Gasteiger partial charge in [-0.05, 0) is 30.3 Å². The molecule has 2 amide bonds. The standard InChI is InChI=1S/C17H15Cl2N3O5/c1-26-14-3-2-10(18)6-12(14)22-15(23)9-27-16(24)8-21-17(25)13-7-11(19)4-5-20-13/h2-7H,8-9H2,1H3,(H,21,25)(H,22,23). The lowest BCUT2D eigenvalue weighted by Crippen LogP contribution is -2.32. The summed E-state index contributed by atoms with van der Waals surface area (Å²) < 4.78 is 9.90. The van der Waals surface area contributed by atoms with E-state index in [-0.39, 0.29) is 5.69 Å². The van der Waals surface area contributed by atoms with E-state index in [0.717, 1.165) is 0 Å². The zero-order valence-electron chi connectivity index (χ0n) is 14.1. The number of nitrogens with zero attached hydrogens (tertiary/aromatic N) is 1. The summed E-state index contributed by atoms with van der Waals surface area (Å²) >= 11 is 11.6. The normalized spacial score (nSPS) is 10.0. The van der Waals surface area contributed by atoms with Crippen LogP contribution in [0.15, 0.2) is 36.5 Å². The molecule has 0 unspecified atom stereocenters. The molecule has 0 spiro atoms. The van der Waals surface area contributed by atoms with Gasteiger partial charge in [0.05, 0.1) is 12.8 Å². The lowest BCUT2D eigenvalue weighted by Gasteiger charge is -2.11. The number of halogens is 2. The van der Waals surface area contributed by atoms with Crippen LogP contribution in [0.1, 0.15) is 10.5 Å². The number of ether oxygens (including phenoxy) is 2. The van der Waals surface area contributed by atoms with E-state index in [0.29, 0.717) is 21.5 Å². The maximum atomic E-state index is 11.9. The number of aromatic nitrogens is 1. The van der Waals surface area contributed by atoms with Crippen LogP contribution in [0.3, 0.4) is 0 Å². The molecule has 0 saturated carbocycles. The highest BCUT2D eigenvalue weighted by atomic mass is 35.5. The number of nitrogens with one attached hydrogen (secondary N) is 2. The molecule has 2 rings (SSSR count). The molecule has 0 bridgehead atoms. The minimum Gasteiger partial charge on any atom is -0.495 e. The first-order chi connectivity index (χ1) is 12.9. The van der Waals surface area contributed by atoms with Gasteiger partial charge in [-0.3, -0.25) is 19.4 Å². The second-order valence-electron chi connectivity index (χ2n) is 5.10. The predicted octanol–water partition coefficient (Wildman–Crippen LogP) is 2.31. The van der Waals surface area contributed by atoms with E-state index in [4.69, 9.17) is 32.7 Å². The number of anilines is 1. The van der Waals surface area contributed by atoms with E-state index in [1.54, 1.807) is 12.1 Å². The van der Waals surface area contributed by atoms with E-state index in [1.165, 1.54) is 31.5 Å². The van der Waals surface area contributed by atoms with Crippen LogP contribution in [-0.2, 0) is 14.3 Å². The van der Waals surface area contributed by atoms with Crippen LogP contribution >= 0.6 is 23.2 Å². The van der Waals surface area contributed by atoms with Crippen LogP contribution in [0.5, 0.6) is 5.75 Å². The smallest absolute Gasteiger partial charge is 0.325 e. The summed E-state index contributed by atoms with van der Waals surface area (Å²) in [7, 11) is 1.44. The van der Waals surface area contributed by atoms with Gasteiger partial charge in [0.25, 0.3) is 11.8 Å². The SMILES string of the molecule is COc1ccc(Cl)cc1NC(=O)COC(=O)CNC(=O)c1cc(Cl)ccn1. The van der Waals surface area contributed by atoms with Gasteiger partial charge in [0, 0.05) is 16.2 Å². The fourth-order valence-electron chi connectivity index (χ4n) is 1.93. The Morgan fingerprint density at radius 1 is 1.11 bits per heavy atom. The molecule has 0 aliphatic carbocycles. The van der Waals surface area contributed by atoms with Crippen molar-refractivity contribution in [2.45, 2.75) is 0 Å². The largest absolute Gasteiger partial charge is 0.495 e. The number of amides is 2. The average Bonchev–Trinajstić information content (AvgIpc) is 2.64. The van der Waals surface area contributed by atoms with E-state index >= 15 is 0 Å². The number of rotatable bonds is 7. The monoisotopic (exact) mass is 411 g/mol. The first kappa shape index (κ1) is 20.5. The van der Waals surface area contributed by atoms with Gasteiger partial charge in [-0.15, -0.1) is 0 Å². The molecule has 142 valence electrons. The van der Waals surface area contributed by atoms with E-state index < -0.39 is 30.9 Å². The molecule has 2 aromatic rings. The summed E-state index contributed by atoms with van der Waals surface area (Å²) in [5, 5.41) is 5.58. The molecule has 10 heteroatoms. The number of carbonyl (C=O) groups excluding carboxylic acids is 3. The number of hydrogen-bond acceptors (Lipinski definition) is 6. The number of hydrogen-bond donors (Lipinski definition) is 2. The third kappa shape index (κ3) is 6.43. The zero-order chi connectivity index (χ0) is 19.8. The third-order valence-corrected chi connectivity index (χ3v) is 3.62. The van der Waals surface area contributed by atoms with Crippen LogP contribution in [0.2, 0.25) is 10.0 Å². The molecular formula is C17H15Cl2N3O5. The Kier molecular flexibility index (Phi) is 7.39. The van der Waals surface area contributed by atoms with Crippen LogP contribution in [-0.4, -0.2) is 43.0 Å². The first-order valence-electron chi connectivity index (χ1n) is 7.58. The molecule has 27 heavy (non-hydrogen) atoms. The Bertz CT molecular complexity index is 860. The summed E-state index contributed by atoms with van der Waals surface area (Å²) in [4.78, 5) is 39.2. The molecule has 0 radical (unpaired) electrons. The molecule has 1 aromatic carbocycles. The Morgan fingerprint density at radius 2 is 1.85 bits per heavy atom. The van der Waals surface area contributed by atoms with Gasteiger partial charge >= 0.3 is 5.97 Å². The van der Waals surface area contributed by atoms with Gasteiger partial charge in [0.1, 0.15) is 18.0 Å². The molecule has 0 atom stereocenters. The van der Waals surface area contributed by atoms with Crippen molar-refractivity contribution in [2.75, 3.05) is 25.6 Å². The molecular weight excluding hydrogens is 397 g/mol. The number of benzene rings is 1. The Labute approximate surface area is 164 Å². The maximum absolute atomic E-state index is 11.9. The van der Waals surface area contributed by atoms with Crippen molar-refractivity contribution in [3.05, 3.63) is 52.3 Å². The lowest BCUT2D eigenvalue weighted by atomic mass is 10.3. The van der Waals surface area contributed by atoms with E-state index in [2.05, 4.69) is 15.6 Å². The number of pyridine rings is 1. The predicted molar refractivity (Wildman–Crippen MR) is 99.2 cm³/mol. The average molecular weight is 412 g/mol. The fourth-order valence-corrected chi connectivity index (χ4v) is 2.26. The quantitative estimate of drug-likeness (QED) is 0.676. The van der Waals surface area contributed by atoms with Gasteiger partial charge in [0.15, 0.2) is 6.61 Å². The fraction of sp³-hybridized carbons (Fsp3) is 0.176. The Hall–Kier alpha value is -2.84. The molecule has 8 nitrogen and oxygen atoms in total. The van der Waals surface area contributed by atoms with Gasteiger partial charge in [-0.2, -0.15) is 0 Å². The Balaban J connectivity index is 1.79. The summed E-state index contributed by atoms with van der Waals surface area (Å²) in [5.74, 6) is -1.58. The molecule has 1 aromatic heterocycles. The molecule has 0 saturated heterocycles. The van der Waals surface area contributed by atoms with Crippen molar-refractivity contribution < 1.29 is 23.9 Å². The molecule has 0 aliphatic heterocycles. The molecule has 1 heterocycles. The minimum atomic E-state index is -0.793. The molecule has 0 fully saturated rings. The summed E-state index contributed by atoms with van der Waals surface area (Å²) in [5.41, 5.74) is 0.396. The highest BCUT2D eigenvalue weighted by molar-refractivity contribution is 6.31. The summed E-state index contributed by atoms with van der Waals surface area (Å²) in [6, 6.07) is 7.56. The Morgan fingerprint density at radius 3 is 2.56 bits per heavy atom. The minimum absolute atomic E-state index is 0.0566. The zero-order valence-corrected chi connectivity index (χ0v) is 15.6. The van der Waals surface area contributed by atoms with Crippen molar-refractivity contribution in [2.24, 2.45) is 0 Å². The highest BCUT2D eigenvalue weighted by Gasteiger charge is 2.13. The van der Waals surface area contributed by atoms with E-state index in [9.17, 15) is 14.4 Å². The topological polar surface area (TPSA) is 107 Å². The summed E-state index contributed by atoms with van der Waals surface area (Å²) in [6.45, 7) is -0.972. The number of methoxy groups -OCH3 is 1. The first-order valence-corrected chi connectivity index (χ1v) is 8.33. The second-order valence-corrected chi connectivity index (χ2v) is 5.97. The lowest BCUT2D eigenvalue weighted by molar-refractivity contribution is -0.146. The summed E-state index contributed by atoms with van der Waals surface area (Å²) in [6.07, 6.45) is 1.37. The van der Waals surface area contributed by atoms with E-state index in [1.807, 2.05) is 0 Å². The van der Waals surface area contributed by atoms with Crippen molar-refractivity contribution in [1.29, 1.82) is 0 Å². The second kappa shape index (κ2) is 9.75. The van der Waals surface area contributed by atoms with Gasteiger partial charge in [-0.1, -0.05) is 23.2 Å². The van der Waals surface area contributed by atoms with Gasteiger partial charge < -0.3 is 20.1 Å². The number of esters is 1. The number of carbonyl (C=O) groups is 3. The van der Waals surface area contributed by atoms with Crippen LogP contribution in [0, 0.1) is 0 Å². The molecule has 2 N–H and O–H groups in total. The van der Waals surface area contributed by atoms with Crippen LogP contribution in [0.25, 0.3) is 0 Å². The van der Waals surface area contributed by atoms with Crippen molar-refractivity contribution >= 4 is 46.7 Å². The van der Waals surface area contributed by atoms with Crippen LogP contribution < -0.4 is 15.4 Å². The van der Waals surface area contributed by atoms with Crippen molar-refractivity contribution in [3.63, 3.8) is 0 Å². The van der Waals surface area contributed by atoms with Gasteiger partial charge in [0.2, 0.25) is 0 Å². The van der Waals surface area contributed by atoms with Gasteiger partial charge in [-0.25, -0.2) is 0 Å². The van der Waals surface area contributed by atoms with Crippen molar-refractivity contribution in [1.82, 2.24) is 10.3 Å². The molecule has 0 aliphatic rings. The van der Waals surface area contributed by atoms with Crippen LogP contribution in [0.4, 0.5) is 5.69 Å². The maximum Gasteiger partial charge on any atom is 0.325 e. The third-order valence-electron chi connectivity index (χ3n) is 3.15. The van der Waals surface area contributed by atoms with Crippen molar-refractivity contribution in [3.8, 4) is 5.75 Å². The highest BCUT2D eigenvalue weighted by Crippen LogP contribution is 2.27.